The van der Waals surface area contributed by atoms with Crippen molar-refractivity contribution in [2.45, 2.75) is 12.3 Å². The lowest BCUT2D eigenvalue weighted by atomic mass is 9.87. The molecular formula is C21H25NO6. The molecule has 0 heterocycles. The normalized spacial score (nSPS) is 10.2. The number of benzene rings is 2. The van der Waals surface area contributed by atoms with E-state index in [0.717, 1.165) is 11.1 Å². The molecule has 0 spiro atoms. The minimum Gasteiger partial charge on any atom is -0.496 e. The fourth-order valence-electron chi connectivity index (χ4n) is 3.13. The molecule has 0 bridgehead atoms. The highest BCUT2D eigenvalue weighted by atomic mass is 16.5. The van der Waals surface area contributed by atoms with Gasteiger partial charge in [-0.25, -0.2) is 0 Å². The van der Waals surface area contributed by atoms with Crippen molar-refractivity contribution < 1.29 is 28.4 Å². The molecule has 0 saturated heterocycles. The van der Waals surface area contributed by atoms with Crippen LogP contribution in [0.4, 0.5) is 0 Å². The third-order valence-electron chi connectivity index (χ3n) is 4.52. The second-order valence-corrected chi connectivity index (χ2v) is 5.81. The Morgan fingerprint density at radius 1 is 0.607 bits per heavy atom. The highest BCUT2D eigenvalue weighted by molar-refractivity contribution is 5.58. The molecule has 0 aromatic heterocycles. The summed E-state index contributed by atoms with van der Waals surface area (Å²) in [6, 6.07) is 9.36. The summed E-state index contributed by atoms with van der Waals surface area (Å²) in [5.74, 6) is 2.97. The molecule has 0 N–H and O–H groups in total. The lowest BCUT2D eigenvalue weighted by Crippen LogP contribution is -2.07. The Bertz CT molecular complexity index is 795. The third-order valence-corrected chi connectivity index (χ3v) is 4.52. The Morgan fingerprint density at radius 3 is 1.21 bits per heavy atom. The molecule has 0 aliphatic carbocycles. The summed E-state index contributed by atoms with van der Waals surface area (Å²) in [6.07, 6.45) is 0.192. The van der Waals surface area contributed by atoms with Crippen molar-refractivity contribution in [1.29, 1.82) is 5.26 Å². The van der Waals surface area contributed by atoms with E-state index in [1.807, 2.05) is 12.1 Å². The van der Waals surface area contributed by atoms with E-state index in [0.29, 0.717) is 34.5 Å². The lowest BCUT2D eigenvalue weighted by molar-refractivity contribution is 0.344. The van der Waals surface area contributed by atoms with E-state index >= 15 is 0 Å². The van der Waals surface area contributed by atoms with Crippen LogP contribution in [0.15, 0.2) is 24.3 Å². The van der Waals surface area contributed by atoms with E-state index in [9.17, 15) is 5.26 Å². The van der Waals surface area contributed by atoms with Gasteiger partial charge in [0.2, 0.25) is 0 Å². The van der Waals surface area contributed by atoms with Crippen molar-refractivity contribution in [2.24, 2.45) is 0 Å². The number of hydrogen-bond acceptors (Lipinski definition) is 7. The molecule has 0 aliphatic heterocycles. The first-order chi connectivity index (χ1) is 13.6. The van der Waals surface area contributed by atoms with Gasteiger partial charge >= 0.3 is 0 Å². The van der Waals surface area contributed by atoms with Gasteiger partial charge < -0.3 is 28.4 Å². The number of methoxy groups -OCH3 is 6. The fraction of sp³-hybridized carbons (Fsp3) is 0.381. The van der Waals surface area contributed by atoms with Gasteiger partial charge in [-0.05, 0) is 12.1 Å². The molecule has 2 rings (SSSR count). The van der Waals surface area contributed by atoms with E-state index in [4.69, 9.17) is 28.4 Å². The molecule has 0 saturated carbocycles. The van der Waals surface area contributed by atoms with Gasteiger partial charge in [0.1, 0.15) is 11.5 Å². The molecule has 2 aromatic carbocycles. The summed E-state index contributed by atoms with van der Waals surface area (Å²) in [4.78, 5) is 0. The van der Waals surface area contributed by atoms with Gasteiger partial charge in [0.05, 0.1) is 48.7 Å². The molecule has 150 valence electrons. The van der Waals surface area contributed by atoms with E-state index < -0.39 is 0 Å². The number of nitriles is 1. The largest absolute Gasteiger partial charge is 0.496 e. The van der Waals surface area contributed by atoms with Gasteiger partial charge in [-0.15, -0.1) is 0 Å². The number of ether oxygens (including phenoxy) is 6. The topological polar surface area (TPSA) is 79.2 Å². The average molecular weight is 387 g/mol. The van der Waals surface area contributed by atoms with Gasteiger partial charge in [0, 0.05) is 35.6 Å². The van der Waals surface area contributed by atoms with Crippen LogP contribution in [-0.2, 0) is 0 Å². The minimum atomic E-state index is -0.352. The molecule has 7 heteroatoms. The predicted molar refractivity (Wildman–Crippen MR) is 104 cm³/mol. The average Bonchev–Trinajstić information content (AvgIpc) is 2.75. The Morgan fingerprint density at radius 2 is 0.929 bits per heavy atom. The summed E-state index contributed by atoms with van der Waals surface area (Å²) in [5, 5.41) is 9.50. The SMILES string of the molecule is COc1cc(OC)c(C(CC#N)c2cc(OC)c(OC)cc2OC)cc1OC. The van der Waals surface area contributed by atoms with Gasteiger partial charge in [-0.3, -0.25) is 0 Å². The zero-order chi connectivity index (χ0) is 20.7. The van der Waals surface area contributed by atoms with Crippen LogP contribution in [0.2, 0.25) is 0 Å². The highest BCUT2D eigenvalue weighted by Crippen LogP contribution is 2.46. The van der Waals surface area contributed by atoms with E-state index in [1.54, 1.807) is 54.8 Å². The van der Waals surface area contributed by atoms with Crippen LogP contribution in [0, 0.1) is 11.3 Å². The van der Waals surface area contributed by atoms with Crippen LogP contribution in [-0.4, -0.2) is 42.7 Å². The second-order valence-electron chi connectivity index (χ2n) is 5.81. The summed E-state index contributed by atoms with van der Waals surface area (Å²) in [5.41, 5.74) is 1.54. The first-order valence-corrected chi connectivity index (χ1v) is 8.55. The number of hydrogen-bond donors (Lipinski definition) is 0. The lowest BCUT2D eigenvalue weighted by Gasteiger charge is -2.23. The van der Waals surface area contributed by atoms with Crippen LogP contribution in [0.3, 0.4) is 0 Å². The van der Waals surface area contributed by atoms with Crippen molar-refractivity contribution in [3.8, 4) is 40.6 Å². The molecular weight excluding hydrogens is 362 g/mol. The Hall–Kier alpha value is -3.27. The molecule has 2 aromatic rings. The zero-order valence-corrected chi connectivity index (χ0v) is 17.0. The van der Waals surface area contributed by atoms with Crippen molar-refractivity contribution >= 4 is 0 Å². The summed E-state index contributed by atoms with van der Waals surface area (Å²) in [6.45, 7) is 0. The molecule has 0 unspecified atom stereocenters. The minimum absolute atomic E-state index is 0.192. The standard InChI is InChI=1S/C21H25NO6/c1-23-16-11-20(27-5)18(25-3)9-14(16)13(7-8-22)15-10-19(26-4)21(28-6)12-17(15)24-2/h9-13H,7H2,1-6H3. The summed E-state index contributed by atoms with van der Waals surface area (Å²) in [7, 11) is 9.37. The molecule has 7 nitrogen and oxygen atoms in total. The van der Waals surface area contributed by atoms with E-state index in [1.165, 1.54) is 0 Å². The van der Waals surface area contributed by atoms with Crippen LogP contribution in [0.1, 0.15) is 23.5 Å². The van der Waals surface area contributed by atoms with Crippen molar-refractivity contribution in [2.75, 3.05) is 42.7 Å². The van der Waals surface area contributed by atoms with Gasteiger partial charge in [0.25, 0.3) is 0 Å². The number of rotatable bonds is 9. The Labute approximate surface area is 165 Å². The Kier molecular flexibility index (Phi) is 7.21. The van der Waals surface area contributed by atoms with Gasteiger partial charge in [0.15, 0.2) is 23.0 Å². The molecule has 0 aliphatic rings. The second kappa shape index (κ2) is 9.60. The first-order valence-electron chi connectivity index (χ1n) is 8.55. The predicted octanol–water partition coefficient (Wildman–Crippen LogP) is 3.78. The monoisotopic (exact) mass is 387 g/mol. The van der Waals surface area contributed by atoms with Gasteiger partial charge in [-0.1, -0.05) is 0 Å². The number of nitrogens with zero attached hydrogens (tertiary/aromatic N) is 1. The Balaban J connectivity index is 2.75. The highest BCUT2D eigenvalue weighted by Gasteiger charge is 2.26. The summed E-state index contributed by atoms with van der Waals surface area (Å²) >= 11 is 0. The molecule has 28 heavy (non-hydrogen) atoms. The third kappa shape index (κ3) is 4.01. The van der Waals surface area contributed by atoms with Crippen molar-refractivity contribution in [3.63, 3.8) is 0 Å². The first kappa shape index (κ1) is 21.0. The fourth-order valence-corrected chi connectivity index (χ4v) is 3.13. The summed E-state index contributed by atoms with van der Waals surface area (Å²) < 4.78 is 32.7. The molecule has 0 atom stereocenters. The van der Waals surface area contributed by atoms with Gasteiger partial charge in [-0.2, -0.15) is 5.26 Å². The van der Waals surface area contributed by atoms with Crippen LogP contribution in [0.5, 0.6) is 34.5 Å². The van der Waals surface area contributed by atoms with E-state index in [-0.39, 0.29) is 12.3 Å². The molecule has 0 radical (unpaired) electrons. The maximum absolute atomic E-state index is 9.50. The van der Waals surface area contributed by atoms with Crippen molar-refractivity contribution in [3.05, 3.63) is 35.4 Å². The van der Waals surface area contributed by atoms with E-state index in [2.05, 4.69) is 6.07 Å². The zero-order valence-electron chi connectivity index (χ0n) is 17.0. The quantitative estimate of drug-likeness (QED) is 0.648. The van der Waals surface area contributed by atoms with Crippen molar-refractivity contribution in [1.82, 2.24) is 0 Å². The molecule has 0 fully saturated rings. The maximum atomic E-state index is 9.50. The molecule has 0 amide bonds. The maximum Gasteiger partial charge on any atom is 0.164 e. The van der Waals surface area contributed by atoms with Crippen LogP contribution in [0.25, 0.3) is 0 Å². The van der Waals surface area contributed by atoms with Crippen LogP contribution >= 0.6 is 0 Å². The van der Waals surface area contributed by atoms with Crippen LogP contribution < -0.4 is 28.4 Å². The smallest absolute Gasteiger partial charge is 0.164 e.